The first kappa shape index (κ1) is 10.7. The fourth-order valence-electron chi connectivity index (χ4n) is 1.58. The standard InChI is InChI=1S/C12H16N4/c1-9-7-11(16-12(13)15-9)14-8-10-5-3-2-4-6-10/h2-7,12,15H,8,13H2,1H3,(H,14,16). The maximum absolute atomic E-state index is 5.74. The van der Waals surface area contributed by atoms with Crippen LogP contribution in [0.2, 0.25) is 0 Å². The average Bonchev–Trinajstić information content (AvgIpc) is 2.27. The van der Waals surface area contributed by atoms with Gasteiger partial charge in [0.25, 0.3) is 0 Å². The minimum atomic E-state index is -0.250. The predicted molar refractivity (Wildman–Crippen MR) is 65.6 cm³/mol. The summed E-state index contributed by atoms with van der Waals surface area (Å²) in [7, 11) is 0. The molecular formula is C12H16N4. The van der Waals surface area contributed by atoms with Crippen LogP contribution in [-0.2, 0) is 6.54 Å². The fraction of sp³-hybridized carbons (Fsp3) is 0.250. The van der Waals surface area contributed by atoms with E-state index in [0.29, 0.717) is 6.54 Å². The van der Waals surface area contributed by atoms with Gasteiger partial charge in [-0.1, -0.05) is 30.3 Å². The van der Waals surface area contributed by atoms with E-state index in [1.54, 1.807) is 0 Å². The lowest BCUT2D eigenvalue weighted by molar-refractivity contribution is 0.543. The van der Waals surface area contributed by atoms with E-state index in [0.717, 1.165) is 11.5 Å². The Hall–Kier alpha value is -1.81. The zero-order valence-electron chi connectivity index (χ0n) is 9.27. The second-order valence-electron chi connectivity index (χ2n) is 3.78. The molecule has 2 rings (SSSR count). The lowest BCUT2D eigenvalue weighted by Crippen LogP contribution is -2.53. The van der Waals surface area contributed by atoms with Crippen LogP contribution in [0.5, 0.6) is 0 Å². The smallest absolute Gasteiger partial charge is 0.151 e. The highest BCUT2D eigenvalue weighted by molar-refractivity contribution is 5.94. The lowest BCUT2D eigenvalue weighted by Gasteiger charge is -2.23. The quantitative estimate of drug-likeness (QED) is 0.689. The van der Waals surface area contributed by atoms with E-state index in [-0.39, 0.29) is 6.29 Å². The van der Waals surface area contributed by atoms with E-state index in [1.165, 1.54) is 5.56 Å². The highest BCUT2D eigenvalue weighted by atomic mass is 15.3. The van der Waals surface area contributed by atoms with Gasteiger partial charge >= 0.3 is 0 Å². The summed E-state index contributed by atoms with van der Waals surface area (Å²) in [6.45, 7) is 2.64. The monoisotopic (exact) mass is 216 g/mol. The van der Waals surface area contributed by atoms with Gasteiger partial charge < -0.3 is 10.6 Å². The normalized spacial score (nSPS) is 22.2. The largest absolute Gasteiger partial charge is 0.357 e. The van der Waals surface area contributed by atoms with Crippen LogP contribution in [0, 0.1) is 0 Å². The Morgan fingerprint density at radius 3 is 2.69 bits per heavy atom. The Balaban J connectivity index is 2.05. The SMILES string of the molecule is CC1=CC(=NCc2ccccc2)NC(N)N1. The molecule has 1 heterocycles. The Kier molecular flexibility index (Phi) is 3.22. The van der Waals surface area contributed by atoms with Crippen LogP contribution in [0.3, 0.4) is 0 Å². The van der Waals surface area contributed by atoms with Gasteiger partial charge in [-0.05, 0) is 18.6 Å². The van der Waals surface area contributed by atoms with Gasteiger partial charge in [0, 0.05) is 5.70 Å². The molecule has 1 aromatic rings. The summed E-state index contributed by atoms with van der Waals surface area (Å²) >= 11 is 0. The van der Waals surface area contributed by atoms with Gasteiger partial charge in [-0.3, -0.25) is 10.7 Å². The van der Waals surface area contributed by atoms with Crippen molar-refractivity contribution in [3.8, 4) is 0 Å². The molecule has 0 saturated carbocycles. The van der Waals surface area contributed by atoms with E-state index in [1.807, 2.05) is 31.2 Å². The molecule has 4 heteroatoms. The molecule has 84 valence electrons. The highest BCUT2D eigenvalue weighted by Crippen LogP contribution is 2.02. The molecule has 4 N–H and O–H groups in total. The maximum atomic E-state index is 5.74. The van der Waals surface area contributed by atoms with Crippen LogP contribution >= 0.6 is 0 Å². The zero-order valence-corrected chi connectivity index (χ0v) is 9.27. The third-order valence-corrected chi connectivity index (χ3v) is 2.31. The number of allylic oxidation sites excluding steroid dienone is 1. The summed E-state index contributed by atoms with van der Waals surface area (Å²) in [5.41, 5.74) is 7.96. The van der Waals surface area contributed by atoms with Crippen molar-refractivity contribution in [2.75, 3.05) is 0 Å². The van der Waals surface area contributed by atoms with E-state index in [9.17, 15) is 0 Å². The first-order chi connectivity index (χ1) is 7.74. The molecule has 0 amide bonds. The second-order valence-corrected chi connectivity index (χ2v) is 3.78. The molecule has 0 bridgehead atoms. The zero-order chi connectivity index (χ0) is 11.4. The summed E-state index contributed by atoms with van der Waals surface area (Å²) in [6.07, 6.45) is 1.70. The Morgan fingerprint density at radius 1 is 1.25 bits per heavy atom. The van der Waals surface area contributed by atoms with Gasteiger partial charge in [0.15, 0.2) is 6.29 Å². The Bertz CT molecular complexity index is 408. The van der Waals surface area contributed by atoms with Crippen molar-refractivity contribution >= 4 is 5.84 Å². The van der Waals surface area contributed by atoms with Gasteiger partial charge in [-0.15, -0.1) is 0 Å². The molecule has 1 aromatic carbocycles. The Morgan fingerprint density at radius 2 is 2.00 bits per heavy atom. The van der Waals surface area contributed by atoms with Crippen molar-refractivity contribution in [2.24, 2.45) is 10.7 Å². The summed E-state index contributed by atoms with van der Waals surface area (Å²) in [6, 6.07) is 10.1. The molecule has 4 nitrogen and oxygen atoms in total. The average molecular weight is 216 g/mol. The fourth-order valence-corrected chi connectivity index (χ4v) is 1.58. The predicted octanol–water partition coefficient (Wildman–Crippen LogP) is 0.924. The first-order valence-electron chi connectivity index (χ1n) is 5.29. The van der Waals surface area contributed by atoms with Crippen molar-refractivity contribution in [3.05, 3.63) is 47.7 Å². The number of nitrogens with two attached hydrogens (primary N) is 1. The molecule has 0 aliphatic carbocycles. The number of hydrogen-bond acceptors (Lipinski definition) is 3. The third-order valence-electron chi connectivity index (χ3n) is 2.31. The lowest BCUT2D eigenvalue weighted by atomic mass is 10.2. The molecule has 0 saturated heterocycles. The van der Waals surface area contributed by atoms with E-state index < -0.39 is 0 Å². The van der Waals surface area contributed by atoms with Crippen LogP contribution in [0.15, 0.2) is 47.1 Å². The summed E-state index contributed by atoms with van der Waals surface area (Å²) in [5, 5.41) is 6.11. The third kappa shape index (κ3) is 2.84. The summed E-state index contributed by atoms with van der Waals surface area (Å²) < 4.78 is 0. The minimum Gasteiger partial charge on any atom is -0.357 e. The van der Waals surface area contributed by atoms with Crippen molar-refractivity contribution in [1.82, 2.24) is 10.6 Å². The number of aliphatic imine (C=N–C) groups is 1. The molecule has 0 fully saturated rings. The van der Waals surface area contributed by atoms with Crippen molar-refractivity contribution in [1.29, 1.82) is 0 Å². The van der Waals surface area contributed by atoms with Gasteiger partial charge in [-0.2, -0.15) is 0 Å². The number of rotatable bonds is 2. The van der Waals surface area contributed by atoms with Gasteiger partial charge in [0.1, 0.15) is 5.84 Å². The maximum Gasteiger partial charge on any atom is 0.151 e. The molecule has 1 aliphatic heterocycles. The highest BCUT2D eigenvalue weighted by Gasteiger charge is 2.09. The van der Waals surface area contributed by atoms with E-state index >= 15 is 0 Å². The summed E-state index contributed by atoms with van der Waals surface area (Å²) in [5.74, 6) is 0.826. The Labute approximate surface area is 95.3 Å². The van der Waals surface area contributed by atoms with Crippen LogP contribution in [0.4, 0.5) is 0 Å². The van der Waals surface area contributed by atoms with Crippen LogP contribution in [-0.4, -0.2) is 12.1 Å². The van der Waals surface area contributed by atoms with Crippen molar-refractivity contribution in [3.63, 3.8) is 0 Å². The topological polar surface area (TPSA) is 62.4 Å². The number of benzene rings is 1. The number of amidine groups is 1. The van der Waals surface area contributed by atoms with Crippen LogP contribution in [0.1, 0.15) is 12.5 Å². The molecule has 0 aromatic heterocycles. The minimum absolute atomic E-state index is 0.250. The molecule has 16 heavy (non-hydrogen) atoms. The summed E-state index contributed by atoms with van der Waals surface area (Å²) in [4.78, 5) is 4.46. The van der Waals surface area contributed by atoms with Crippen molar-refractivity contribution < 1.29 is 0 Å². The number of nitrogens with zero attached hydrogens (tertiary/aromatic N) is 1. The molecule has 1 atom stereocenters. The molecule has 1 unspecified atom stereocenters. The van der Waals surface area contributed by atoms with Gasteiger partial charge in [-0.25, -0.2) is 0 Å². The number of hydrogen-bond donors (Lipinski definition) is 3. The molecule has 1 aliphatic rings. The number of nitrogens with one attached hydrogen (secondary N) is 2. The molecule has 0 radical (unpaired) electrons. The van der Waals surface area contributed by atoms with Gasteiger partial charge in [0.2, 0.25) is 0 Å². The van der Waals surface area contributed by atoms with Crippen LogP contribution < -0.4 is 16.4 Å². The molecular weight excluding hydrogens is 200 g/mol. The van der Waals surface area contributed by atoms with E-state index in [4.69, 9.17) is 5.73 Å². The first-order valence-corrected chi connectivity index (χ1v) is 5.29. The van der Waals surface area contributed by atoms with Crippen LogP contribution in [0.25, 0.3) is 0 Å². The van der Waals surface area contributed by atoms with Gasteiger partial charge in [0.05, 0.1) is 6.54 Å². The second kappa shape index (κ2) is 4.81. The van der Waals surface area contributed by atoms with E-state index in [2.05, 4.69) is 27.8 Å². The van der Waals surface area contributed by atoms with Crippen molar-refractivity contribution in [2.45, 2.75) is 19.8 Å². The molecule has 0 spiro atoms.